The minimum Gasteiger partial charge on any atom is -0.399 e. The molecule has 0 bridgehead atoms. The van der Waals surface area contributed by atoms with Gasteiger partial charge in [-0.15, -0.1) is 0 Å². The fourth-order valence-corrected chi connectivity index (χ4v) is 2.46. The molecule has 0 heterocycles. The zero-order chi connectivity index (χ0) is 14.5. The van der Waals surface area contributed by atoms with Crippen LogP contribution < -0.4 is 11.1 Å². The second-order valence-electron chi connectivity index (χ2n) is 4.46. The van der Waals surface area contributed by atoms with Crippen LogP contribution in [-0.4, -0.2) is 25.8 Å². The first-order valence-corrected chi connectivity index (χ1v) is 8.02. The number of carbonyl (C=O) groups excluding carboxylic acids is 1. The Bertz CT molecular complexity index is 553. The molecule has 1 amide bonds. The summed E-state index contributed by atoms with van der Waals surface area (Å²) in [7, 11) is -3.00. The minimum absolute atomic E-state index is 0.0484. The number of amides is 1. The summed E-state index contributed by atoms with van der Waals surface area (Å²) in [5, 5.41) is 2.74. The normalized spacial score (nSPS) is 11.3. The van der Waals surface area contributed by atoms with Gasteiger partial charge in [-0.05, 0) is 31.0 Å². The van der Waals surface area contributed by atoms with Crippen LogP contribution in [0.15, 0.2) is 18.2 Å². The van der Waals surface area contributed by atoms with E-state index >= 15 is 0 Å². The van der Waals surface area contributed by atoms with Crippen molar-refractivity contribution in [1.82, 2.24) is 0 Å². The first-order valence-electron chi connectivity index (χ1n) is 6.20. The maximum atomic E-state index is 11.7. The van der Waals surface area contributed by atoms with Gasteiger partial charge < -0.3 is 11.1 Å². The first kappa shape index (κ1) is 15.5. The van der Waals surface area contributed by atoms with E-state index in [1.165, 1.54) is 0 Å². The van der Waals surface area contributed by atoms with Crippen LogP contribution in [-0.2, 0) is 14.6 Å². The van der Waals surface area contributed by atoms with Crippen LogP contribution in [0.2, 0.25) is 0 Å². The van der Waals surface area contributed by atoms with Gasteiger partial charge in [-0.3, -0.25) is 4.79 Å². The lowest BCUT2D eigenvalue weighted by Gasteiger charge is -2.09. The summed E-state index contributed by atoms with van der Waals surface area (Å²) in [4.78, 5) is 11.7. The molecule has 0 aliphatic rings. The molecule has 0 unspecified atom stereocenters. The number of rotatable bonds is 6. The van der Waals surface area contributed by atoms with Crippen molar-refractivity contribution in [1.29, 1.82) is 0 Å². The van der Waals surface area contributed by atoms with Crippen LogP contribution in [0.5, 0.6) is 0 Å². The quantitative estimate of drug-likeness (QED) is 0.778. The van der Waals surface area contributed by atoms with Crippen LogP contribution in [0.1, 0.15) is 25.3 Å². The van der Waals surface area contributed by atoms with E-state index in [0.29, 0.717) is 17.8 Å². The molecule has 0 atom stereocenters. The topological polar surface area (TPSA) is 89.3 Å². The molecule has 19 heavy (non-hydrogen) atoms. The van der Waals surface area contributed by atoms with Crippen molar-refractivity contribution in [2.24, 2.45) is 0 Å². The molecule has 0 saturated carbocycles. The zero-order valence-electron chi connectivity index (χ0n) is 11.3. The van der Waals surface area contributed by atoms with Gasteiger partial charge in [0.2, 0.25) is 5.91 Å². The molecule has 1 aromatic carbocycles. The van der Waals surface area contributed by atoms with E-state index in [9.17, 15) is 13.2 Å². The Morgan fingerprint density at radius 3 is 2.68 bits per heavy atom. The van der Waals surface area contributed by atoms with E-state index < -0.39 is 9.84 Å². The van der Waals surface area contributed by atoms with E-state index in [2.05, 4.69) is 5.32 Å². The minimum atomic E-state index is -3.00. The van der Waals surface area contributed by atoms with E-state index in [1.807, 2.05) is 13.0 Å². The van der Waals surface area contributed by atoms with Gasteiger partial charge in [0, 0.05) is 23.5 Å². The largest absolute Gasteiger partial charge is 0.399 e. The number of aryl methyl sites for hydroxylation is 1. The Labute approximate surface area is 114 Å². The highest BCUT2D eigenvalue weighted by Gasteiger charge is 2.10. The molecule has 0 radical (unpaired) electrons. The van der Waals surface area contributed by atoms with Crippen molar-refractivity contribution in [3.63, 3.8) is 0 Å². The highest BCUT2D eigenvalue weighted by molar-refractivity contribution is 7.91. The van der Waals surface area contributed by atoms with Gasteiger partial charge in [-0.25, -0.2) is 8.42 Å². The van der Waals surface area contributed by atoms with Crippen LogP contribution in [0, 0.1) is 6.92 Å². The number of hydrogen-bond acceptors (Lipinski definition) is 4. The Hall–Kier alpha value is -1.56. The van der Waals surface area contributed by atoms with Gasteiger partial charge in [0.05, 0.1) is 5.75 Å². The number of hydrogen-bond donors (Lipinski definition) is 2. The number of sulfone groups is 1. The second-order valence-corrected chi connectivity index (χ2v) is 6.94. The standard InChI is InChI=1S/C13H20N2O3S/c1-3-19(17,18)8-4-5-13(16)15-12-9-11(14)7-6-10(12)2/h6-7,9H,3-5,8,14H2,1-2H3,(H,15,16). The van der Waals surface area contributed by atoms with E-state index in [-0.39, 0.29) is 23.8 Å². The average Bonchev–Trinajstić information content (AvgIpc) is 2.33. The zero-order valence-corrected chi connectivity index (χ0v) is 12.1. The summed E-state index contributed by atoms with van der Waals surface area (Å²) >= 11 is 0. The van der Waals surface area contributed by atoms with Crippen molar-refractivity contribution >= 4 is 27.1 Å². The third-order valence-corrected chi connectivity index (χ3v) is 4.63. The smallest absolute Gasteiger partial charge is 0.224 e. The third-order valence-electron chi connectivity index (χ3n) is 2.83. The number of nitrogens with two attached hydrogens (primary N) is 1. The van der Waals surface area contributed by atoms with Crippen LogP contribution in [0.25, 0.3) is 0 Å². The summed E-state index contributed by atoms with van der Waals surface area (Å²) in [6.07, 6.45) is 0.525. The van der Waals surface area contributed by atoms with Crippen LogP contribution in [0.4, 0.5) is 11.4 Å². The lowest BCUT2D eigenvalue weighted by Crippen LogP contribution is -2.15. The van der Waals surface area contributed by atoms with Crippen molar-refractivity contribution in [3.05, 3.63) is 23.8 Å². The highest BCUT2D eigenvalue weighted by atomic mass is 32.2. The van der Waals surface area contributed by atoms with Gasteiger partial charge >= 0.3 is 0 Å². The molecule has 0 aliphatic heterocycles. The molecule has 0 spiro atoms. The summed E-state index contributed by atoms with van der Waals surface area (Å²) in [5.41, 5.74) is 7.82. The summed E-state index contributed by atoms with van der Waals surface area (Å²) < 4.78 is 22.6. The maximum absolute atomic E-state index is 11.7. The van der Waals surface area contributed by atoms with Crippen molar-refractivity contribution in [3.8, 4) is 0 Å². The van der Waals surface area contributed by atoms with Gasteiger partial charge in [0.15, 0.2) is 0 Å². The number of nitrogens with one attached hydrogen (secondary N) is 1. The first-order chi connectivity index (χ1) is 8.84. The maximum Gasteiger partial charge on any atom is 0.224 e. The summed E-state index contributed by atoms with van der Waals surface area (Å²) in [5.74, 6) is -0.0320. The molecule has 3 N–H and O–H groups in total. The van der Waals surface area contributed by atoms with E-state index in [4.69, 9.17) is 5.73 Å². The molecule has 0 aliphatic carbocycles. The monoisotopic (exact) mass is 284 g/mol. The molecule has 5 nitrogen and oxygen atoms in total. The predicted octanol–water partition coefficient (Wildman–Crippen LogP) is 1.73. The predicted molar refractivity (Wildman–Crippen MR) is 77.8 cm³/mol. The summed E-state index contributed by atoms with van der Waals surface area (Å²) in [6, 6.07) is 5.28. The molecular weight excluding hydrogens is 264 g/mol. The molecule has 1 rings (SSSR count). The van der Waals surface area contributed by atoms with Crippen LogP contribution in [0.3, 0.4) is 0 Å². The molecule has 6 heteroatoms. The SMILES string of the molecule is CCS(=O)(=O)CCCC(=O)Nc1cc(N)ccc1C. The summed E-state index contributed by atoms with van der Waals surface area (Å²) in [6.45, 7) is 3.47. The number of anilines is 2. The fourth-order valence-electron chi connectivity index (χ4n) is 1.58. The second kappa shape index (κ2) is 6.56. The molecule has 0 fully saturated rings. The van der Waals surface area contributed by atoms with Crippen molar-refractivity contribution in [2.45, 2.75) is 26.7 Å². The average molecular weight is 284 g/mol. The fraction of sp³-hybridized carbons (Fsp3) is 0.462. The lowest BCUT2D eigenvalue weighted by atomic mass is 10.1. The highest BCUT2D eigenvalue weighted by Crippen LogP contribution is 2.18. The van der Waals surface area contributed by atoms with E-state index in [0.717, 1.165) is 5.56 Å². The Kier molecular flexibility index (Phi) is 5.35. The van der Waals surface area contributed by atoms with Gasteiger partial charge in [0.1, 0.15) is 9.84 Å². The number of carbonyl (C=O) groups is 1. The van der Waals surface area contributed by atoms with E-state index in [1.54, 1.807) is 19.1 Å². The third kappa shape index (κ3) is 5.30. The molecule has 0 aromatic heterocycles. The molecule has 106 valence electrons. The lowest BCUT2D eigenvalue weighted by molar-refractivity contribution is -0.116. The van der Waals surface area contributed by atoms with Crippen LogP contribution >= 0.6 is 0 Å². The molecular formula is C13H20N2O3S. The molecule has 0 saturated heterocycles. The Morgan fingerprint density at radius 2 is 2.05 bits per heavy atom. The van der Waals surface area contributed by atoms with Gasteiger partial charge in [0.25, 0.3) is 0 Å². The van der Waals surface area contributed by atoms with Gasteiger partial charge in [-0.2, -0.15) is 0 Å². The molecule has 1 aromatic rings. The number of benzene rings is 1. The van der Waals surface area contributed by atoms with Crippen molar-refractivity contribution in [2.75, 3.05) is 22.6 Å². The Balaban J connectivity index is 2.50. The Morgan fingerprint density at radius 1 is 1.37 bits per heavy atom. The van der Waals surface area contributed by atoms with Gasteiger partial charge in [-0.1, -0.05) is 13.0 Å². The number of nitrogen functional groups attached to an aromatic ring is 1. The van der Waals surface area contributed by atoms with Crippen molar-refractivity contribution < 1.29 is 13.2 Å².